The Bertz CT molecular complexity index is 339. The van der Waals surface area contributed by atoms with E-state index in [1.54, 1.807) is 7.11 Å². The predicted molar refractivity (Wildman–Crippen MR) is 79.6 cm³/mol. The van der Waals surface area contributed by atoms with Crippen LogP contribution in [0.3, 0.4) is 0 Å². The van der Waals surface area contributed by atoms with Crippen molar-refractivity contribution in [1.29, 1.82) is 0 Å². The number of hydrogen-bond acceptors (Lipinski definition) is 3. The molecule has 1 aromatic carbocycles. The number of benzene rings is 1. The van der Waals surface area contributed by atoms with Gasteiger partial charge in [0.25, 0.3) is 0 Å². The predicted octanol–water partition coefficient (Wildman–Crippen LogP) is 3.24. The molecule has 1 rings (SSSR count). The van der Waals surface area contributed by atoms with Crippen LogP contribution in [0.2, 0.25) is 0 Å². The van der Waals surface area contributed by atoms with Crippen LogP contribution in [-0.2, 0) is 11.3 Å². The van der Waals surface area contributed by atoms with E-state index in [0.717, 1.165) is 44.4 Å². The van der Waals surface area contributed by atoms with E-state index in [9.17, 15) is 0 Å². The second kappa shape index (κ2) is 9.82. The van der Waals surface area contributed by atoms with Crippen LogP contribution in [-0.4, -0.2) is 26.9 Å². The summed E-state index contributed by atoms with van der Waals surface area (Å²) in [6.07, 6.45) is 2.33. The Morgan fingerprint density at radius 3 is 2.68 bits per heavy atom. The van der Waals surface area contributed by atoms with Crippen molar-refractivity contribution in [3.8, 4) is 5.75 Å². The van der Waals surface area contributed by atoms with Gasteiger partial charge in [0.2, 0.25) is 0 Å². The smallest absolute Gasteiger partial charge is 0.123 e. The Kier molecular flexibility index (Phi) is 8.26. The minimum Gasteiger partial charge on any atom is -0.493 e. The zero-order valence-corrected chi connectivity index (χ0v) is 12.4. The van der Waals surface area contributed by atoms with E-state index in [4.69, 9.17) is 9.47 Å². The molecule has 0 fully saturated rings. The maximum Gasteiger partial charge on any atom is 0.123 e. The highest BCUT2D eigenvalue weighted by atomic mass is 16.5. The molecule has 0 saturated heterocycles. The maximum absolute atomic E-state index is 5.87. The van der Waals surface area contributed by atoms with Crippen molar-refractivity contribution < 1.29 is 9.47 Å². The minimum absolute atomic E-state index is 0.734. The summed E-state index contributed by atoms with van der Waals surface area (Å²) in [5.41, 5.74) is 1.21. The summed E-state index contributed by atoms with van der Waals surface area (Å²) in [6, 6.07) is 8.23. The molecule has 0 aliphatic heterocycles. The fourth-order valence-electron chi connectivity index (χ4n) is 1.86. The molecule has 0 atom stereocenters. The maximum atomic E-state index is 5.87. The monoisotopic (exact) mass is 265 g/mol. The highest BCUT2D eigenvalue weighted by molar-refractivity contribution is 5.33. The third-order valence-corrected chi connectivity index (χ3v) is 2.95. The van der Waals surface area contributed by atoms with Crippen molar-refractivity contribution in [1.82, 2.24) is 5.32 Å². The van der Waals surface area contributed by atoms with Crippen molar-refractivity contribution in [3.05, 3.63) is 29.8 Å². The molecule has 0 heterocycles. The molecule has 0 unspecified atom stereocenters. The lowest BCUT2D eigenvalue weighted by molar-refractivity contribution is 0.199. The van der Waals surface area contributed by atoms with E-state index < -0.39 is 0 Å². The molecule has 1 N–H and O–H groups in total. The van der Waals surface area contributed by atoms with Crippen LogP contribution < -0.4 is 10.1 Å². The van der Waals surface area contributed by atoms with Crippen molar-refractivity contribution in [2.45, 2.75) is 33.2 Å². The van der Waals surface area contributed by atoms with Crippen LogP contribution in [0.5, 0.6) is 5.75 Å². The first-order valence-corrected chi connectivity index (χ1v) is 7.14. The molecule has 0 bridgehead atoms. The van der Waals surface area contributed by atoms with Gasteiger partial charge in [-0.1, -0.05) is 32.0 Å². The topological polar surface area (TPSA) is 30.5 Å². The van der Waals surface area contributed by atoms with Crippen LogP contribution >= 0.6 is 0 Å². The second-order valence-corrected chi connectivity index (χ2v) is 5.16. The van der Waals surface area contributed by atoms with Crippen molar-refractivity contribution >= 4 is 0 Å². The SMILES string of the molecule is COCCNCc1ccccc1OCCCC(C)C. The van der Waals surface area contributed by atoms with E-state index in [1.807, 2.05) is 18.2 Å². The number of para-hydroxylation sites is 1. The van der Waals surface area contributed by atoms with Crippen LogP contribution in [0.25, 0.3) is 0 Å². The summed E-state index contributed by atoms with van der Waals surface area (Å²) in [6.45, 7) is 7.70. The molecule has 0 saturated carbocycles. The molecule has 0 radical (unpaired) electrons. The lowest BCUT2D eigenvalue weighted by Gasteiger charge is -2.12. The molecule has 0 aliphatic rings. The normalized spacial score (nSPS) is 10.9. The Morgan fingerprint density at radius 1 is 1.16 bits per heavy atom. The number of hydrogen-bond donors (Lipinski definition) is 1. The van der Waals surface area contributed by atoms with E-state index in [0.29, 0.717) is 0 Å². The van der Waals surface area contributed by atoms with Crippen LogP contribution in [0.4, 0.5) is 0 Å². The van der Waals surface area contributed by atoms with Gasteiger partial charge < -0.3 is 14.8 Å². The minimum atomic E-state index is 0.734. The third-order valence-electron chi connectivity index (χ3n) is 2.95. The standard InChI is InChI=1S/C16H27NO2/c1-14(2)7-6-11-19-16-9-5-4-8-15(16)13-17-10-12-18-3/h4-5,8-9,14,17H,6-7,10-13H2,1-3H3. The zero-order chi connectivity index (χ0) is 13.9. The van der Waals surface area contributed by atoms with E-state index in [2.05, 4.69) is 25.2 Å². The average molecular weight is 265 g/mol. The Morgan fingerprint density at radius 2 is 1.95 bits per heavy atom. The fraction of sp³-hybridized carbons (Fsp3) is 0.625. The summed E-state index contributed by atoms with van der Waals surface area (Å²) in [7, 11) is 1.72. The largest absolute Gasteiger partial charge is 0.493 e. The van der Waals surface area contributed by atoms with Gasteiger partial charge in [-0.25, -0.2) is 0 Å². The van der Waals surface area contributed by atoms with Gasteiger partial charge in [-0.05, 0) is 24.8 Å². The van der Waals surface area contributed by atoms with Crippen LogP contribution in [0.1, 0.15) is 32.3 Å². The fourth-order valence-corrected chi connectivity index (χ4v) is 1.86. The van der Waals surface area contributed by atoms with E-state index >= 15 is 0 Å². The molecule has 3 heteroatoms. The van der Waals surface area contributed by atoms with Crippen LogP contribution in [0, 0.1) is 5.92 Å². The number of nitrogens with one attached hydrogen (secondary N) is 1. The zero-order valence-electron chi connectivity index (χ0n) is 12.4. The van der Waals surface area contributed by atoms with Crippen LogP contribution in [0.15, 0.2) is 24.3 Å². The Hall–Kier alpha value is -1.06. The highest BCUT2D eigenvalue weighted by Crippen LogP contribution is 2.18. The number of methoxy groups -OCH3 is 1. The Labute approximate surface area is 117 Å². The molecule has 0 amide bonds. The molecule has 108 valence electrons. The molecule has 3 nitrogen and oxygen atoms in total. The van der Waals surface area contributed by atoms with Gasteiger partial charge in [0.15, 0.2) is 0 Å². The Balaban J connectivity index is 2.35. The van der Waals surface area contributed by atoms with Gasteiger partial charge in [0.05, 0.1) is 13.2 Å². The van der Waals surface area contributed by atoms with Crippen molar-refractivity contribution in [2.75, 3.05) is 26.9 Å². The first kappa shape index (κ1) is 16.0. The number of rotatable bonds is 10. The summed E-state index contributed by atoms with van der Waals surface area (Å²) in [5.74, 6) is 1.74. The van der Waals surface area contributed by atoms with Gasteiger partial charge in [-0.15, -0.1) is 0 Å². The highest BCUT2D eigenvalue weighted by Gasteiger charge is 2.02. The molecule has 0 aromatic heterocycles. The van der Waals surface area contributed by atoms with E-state index in [-0.39, 0.29) is 0 Å². The molecule has 1 aromatic rings. The van der Waals surface area contributed by atoms with Gasteiger partial charge in [-0.3, -0.25) is 0 Å². The van der Waals surface area contributed by atoms with E-state index in [1.165, 1.54) is 12.0 Å². The second-order valence-electron chi connectivity index (χ2n) is 5.16. The average Bonchev–Trinajstić information content (AvgIpc) is 2.41. The van der Waals surface area contributed by atoms with Gasteiger partial charge in [0, 0.05) is 25.8 Å². The number of ether oxygens (including phenoxy) is 2. The quantitative estimate of drug-likeness (QED) is 0.659. The first-order valence-electron chi connectivity index (χ1n) is 7.14. The first-order chi connectivity index (χ1) is 9.24. The molecule has 0 spiro atoms. The van der Waals surface area contributed by atoms with Gasteiger partial charge in [0.1, 0.15) is 5.75 Å². The van der Waals surface area contributed by atoms with Gasteiger partial charge in [-0.2, -0.15) is 0 Å². The summed E-state index contributed by atoms with van der Waals surface area (Å²) in [5, 5.41) is 3.35. The molecular formula is C16H27NO2. The third kappa shape index (κ3) is 7.19. The molecule has 19 heavy (non-hydrogen) atoms. The lowest BCUT2D eigenvalue weighted by atomic mass is 10.1. The van der Waals surface area contributed by atoms with Crippen molar-refractivity contribution in [2.24, 2.45) is 5.92 Å². The summed E-state index contributed by atoms with van der Waals surface area (Å²) >= 11 is 0. The lowest BCUT2D eigenvalue weighted by Crippen LogP contribution is -2.19. The molecular weight excluding hydrogens is 238 g/mol. The summed E-state index contributed by atoms with van der Waals surface area (Å²) < 4.78 is 10.9. The van der Waals surface area contributed by atoms with Gasteiger partial charge >= 0.3 is 0 Å². The molecule has 0 aliphatic carbocycles. The summed E-state index contributed by atoms with van der Waals surface area (Å²) in [4.78, 5) is 0. The van der Waals surface area contributed by atoms with Crippen molar-refractivity contribution in [3.63, 3.8) is 0 Å².